The molecule has 1 N–H and O–H groups in total. The smallest absolute Gasteiger partial charge is 0.326 e. The molecule has 0 aromatic heterocycles. The fraction of sp³-hybridized carbons (Fsp3) is 0.933. The van der Waals surface area contributed by atoms with Gasteiger partial charge in [0.2, 0.25) is 0 Å². The molecule has 1 aliphatic carbocycles. The Morgan fingerprint density at radius 3 is 2.85 bits per heavy atom. The summed E-state index contributed by atoms with van der Waals surface area (Å²) in [4.78, 5) is 14.7. The van der Waals surface area contributed by atoms with E-state index in [9.17, 15) is 4.79 Å². The molecule has 1 saturated carbocycles. The molecular formula is C15H28N2O3. The number of nitrogens with zero attached hydrogens (tertiary/aromatic N) is 1. The molecule has 2 unspecified atom stereocenters. The highest BCUT2D eigenvalue weighted by atomic mass is 16.5. The van der Waals surface area contributed by atoms with Crippen molar-refractivity contribution in [1.82, 2.24) is 10.2 Å². The molecule has 2 fully saturated rings. The normalized spacial score (nSPS) is 34.1. The Hall–Kier alpha value is -0.650. The van der Waals surface area contributed by atoms with Gasteiger partial charge in [0.15, 0.2) is 0 Å². The van der Waals surface area contributed by atoms with E-state index < -0.39 is 5.54 Å². The van der Waals surface area contributed by atoms with E-state index in [2.05, 4.69) is 24.1 Å². The van der Waals surface area contributed by atoms with Gasteiger partial charge in [-0.25, -0.2) is 0 Å². The number of rotatable bonds is 4. The maximum absolute atomic E-state index is 12.2. The Morgan fingerprint density at radius 2 is 2.25 bits per heavy atom. The summed E-state index contributed by atoms with van der Waals surface area (Å²) < 4.78 is 10.6. The average molecular weight is 284 g/mol. The van der Waals surface area contributed by atoms with Gasteiger partial charge >= 0.3 is 5.97 Å². The van der Waals surface area contributed by atoms with Crippen LogP contribution in [0, 0.1) is 0 Å². The van der Waals surface area contributed by atoms with Crippen LogP contribution in [0.15, 0.2) is 0 Å². The molecule has 0 radical (unpaired) electrons. The highest BCUT2D eigenvalue weighted by molar-refractivity contribution is 5.81. The summed E-state index contributed by atoms with van der Waals surface area (Å²) in [5, 5.41) is 3.37. The number of carbonyl (C=O) groups excluding carboxylic acids is 1. The molecule has 20 heavy (non-hydrogen) atoms. The van der Waals surface area contributed by atoms with E-state index in [1.807, 2.05) is 6.92 Å². The summed E-state index contributed by atoms with van der Waals surface area (Å²) in [6.07, 6.45) is 2.72. The fourth-order valence-electron chi connectivity index (χ4n) is 3.78. The predicted molar refractivity (Wildman–Crippen MR) is 77.7 cm³/mol. The third-order valence-electron chi connectivity index (χ3n) is 4.73. The molecule has 0 bridgehead atoms. The number of morpholine rings is 1. The second-order valence-electron chi connectivity index (χ2n) is 6.56. The lowest BCUT2D eigenvalue weighted by Crippen LogP contribution is -2.58. The van der Waals surface area contributed by atoms with Crippen molar-refractivity contribution in [3.63, 3.8) is 0 Å². The molecule has 1 aliphatic heterocycles. The number of likely N-dealkylation sites (N-methyl/N-ethyl adjacent to an activating group) is 1. The van der Waals surface area contributed by atoms with Crippen LogP contribution in [0.25, 0.3) is 0 Å². The van der Waals surface area contributed by atoms with Crippen LogP contribution < -0.4 is 5.32 Å². The number of nitrogens with one attached hydrogen (secondary N) is 1. The van der Waals surface area contributed by atoms with Crippen LogP contribution in [0.2, 0.25) is 0 Å². The minimum atomic E-state index is -0.497. The van der Waals surface area contributed by atoms with Crippen LogP contribution >= 0.6 is 0 Å². The molecule has 0 aromatic carbocycles. The second-order valence-corrected chi connectivity index (χ2v) is 6.56. The number of carbonyl (C=O) groups is 1. The van der Waals surface area contributed by atoms with E-state index in [4.69, 9.17) is 9.47 Å². The van der Waals surface area contributed by atoms with Gasteiger partial charge in [-0.3, -0.25) is 9.69 Å². The van der Waals surface area contributed by atoms with Gasteiger partial charge < -0.3 is 14.8 Å². The molecule has 116 valence electrons. The zero-order valence-corrected chi connectivity index (χ0v) is 13.2. The van der Waals surface area contributed by atoms with Crippen LogP contribution in [-0.2, 0) is 14.3 Å². The Bertz CT molecular complexity index is 359. The zero-order chi connectivity index (χ0) is 14.8. The van der Waals surface area contributed by atoms with Crippen molar-refractivity contribution in [2.75, 3.05) is 33.4 Å². The largest absolute Gasteiger partial charge is 0.468 e. The van der Waals surface area contributed by atoms with Gasteiger partial charge in [-0.2, -0.15) is 0 Å². The molecule has 5 nitrogen and oxygen atoms in total. The molecule has 5 heteroatoms. The van der Waals surface area contributed by atoms with Gasteiger partial charge in [-0.1, -0.05) is 6.92 Å². The van der Waals surface area contributed by atoms with Gasteiger partial charge in [-0.15, -0.1) is 0 Å². The van der Waals surface area contributed by atoms with Crippen molar-refractivity contribution in [2.24, 2.45) is 0 Å². The molecule has 0 spiro atoms. The topological polar surface area (TPSA) is 50.8 Å². The predicted octanol–water partition coefficient (Wildman–Crippen LogP) is 1.17. The molecule has 1 heterocycles. The summed E-state index contributed by atoms with van der Waals surface area (Å²) in [5.74, 6) is -0.118. The average Bonchev–Trinajstić information content (AvgIpc) is 2.83. The van der Waals surface area contributed by atoms with Crippen LogP contribution in [0.3, 0.4) is 0 Å². The number of ether oxygens (including phenoxy) is 2. The first-order chi connectivity index (χ1) is 9.45. The number of hydrogen-bond donors (Lipinski definition) is 1. The fourth-order valence-corrected chi connectivity index (χ4v) is 3.78. The monoisotopic (exact) mass is 284 g/mol. The Morgan fingerprint density at radius 1 is 1.50 bits per heavy atom. The molecule has 2 aliphatic rings. The van der Waals surface area contributed by atoms with Gasteiger partial charge in [0.25, 0.3) is 0 Å². The van der Waals surface area contributed by atoms with Gasteiger partial charge in [0, 0.05) is 18.1 Å². The van der Waals surface area contributed by atoms with Crippen molar-refractivity contribution < 1.29 is 14.3 Å². The zero-order valence-electron chi connectivity index (χ0n) is 13.2. The highest BCUT2D eigenvalue weighted by Gasteiger charge is 2.49. The number of hydrogen-bond acceptors (Lipinski definition) is 5. The summed E-state index contributed by atoms with van der Waals surface area (Å²) in [7, 11) is 1.48. The van der Waals surface area contributed by atoms with Crippen LogP contribution in [0.1, 0.15) is 40.0 Å². The minimum Gasteiger partial charge on any atom is -0.468 e. The standard InChI is InChI=1S/C15H28N2O3/c1-5-16-15(13(18)19-4)7-6-12(10-15)17-8-9-20-11-14(17,2)3/h12,16H,5-11H2,1-4H3. The Balaban J connectivity index is 2.11. The summed E-state index contributed by atoms with van der Waals surface area (Å²) in [6, 6.07) is 0.423. The Kier molecular flexibility index (Phi) is 4.72. The minimum absolute atomic E-state index is 0.0430. The molecule has 0 amide bonds. The third kappa shape index (κ3) is 2.85. The van der Waals surface area contributed by atoms with Crippen LogP contribution in [0.5, 0.6) is 0 Å². The molecule has 2 rings (SSSR count). The maximum Gasteiger partial charge on any atom is 0.326 e. The lowest BCUT2D eigenvalue weighted by atomic mass is 9.95. The summed E-state index contributed by atoms with van der Waals surface area (Å²) >= 11 is 0. The Labute approximate surface area is 122 Å². The number of esters is 1. The van der Waals surface area contributed by atoms with Crippen LogP contribution in [-0.4, -0.2) is 61.4 Å². The summed E-state index contributed by atoms with van der Waals surface area (Å²) in [5.41, 5.74) is -0.454. The number of methoxy groups -OCH3 is 1. The maximum atomic E-state index is 12.2. The van der Waals surface area contributed by atoms with Crippen molar-refractivity contribution in [3.8, 4) is 0 Å². The quantitative estimate of drug-likeness (QED) is 0.785. The molecule has 1 saturated heterocycles. The van der Waals surface area contributed by atoms with E-state index in [0.717, 1.165) is 45.6 Å². The van der Waals surface area contributed by atoms with Crippen molar-refractivity contribution >= 4 is 5.97 Å². The van der Waals surface area contributed by atoms with Crippen LogP contribution in [0.4, 0.5) is 0 Å². The second kappa shape index (κ2) is 6.00. The van der Waals surface area contributed by atoms with Crippen molar-refractivity contribution in [2.45, 2.75) is 57.2 Å². The van der Waals surface area contributed by atoms with E-state index in [1.54, 1.807) is 0 Å². The SMILES string of the molecule is CCNC1(C(=O)OC)CCC(N2CCOCC2(C)C)C1. The van der Waals surface area contributed by atoms with Gasteiger partial charge in [0.1, 0.15) is 5.54 Å². The third-order valence-corrected chi connectivity index (χ3v) is 4.73. The molecular weight excluding hydrogens is 256 g/mol. The van der Waals surface area contributed by atoms with Crippen molar-refractivity contribution in [3.05, 3.63) is 0 Å². The first-order valence-corrected chi connectivity index (χ1v) is 7.63. The first-order valence-electron chi connectivity index (χ1n) is 7.63. The highest BCUT2D eigenvalue weighted by Crippen LogP contribution is 2.37. The van der Waals surface area contributed by atoms with E-state index in [-0.39, 0.29) is 11.5 Å². The molecule has 0 aromatic rings. The van der Waals surface area contributed by atoms with Crippen molar-refractivity contribution in [1.29, 1.82) is 0 Å². The van der Waals surface area contributed by atoms with E-state index >= 15 is 0 Å². The molecule has 2 atom stereocenters. The lowest BCUT2D eigenvalue weighted by molar-refractivity contribution is -0.148. The van der Waals surface area contributed by atoms with E-state index in [0.29, 0.717) is 6.04 Å². The summed E-state index contributed by atoms with van der Waals surface area (Å²) in [6.45, 7) is 9.75. The van der Waals surface area contributed by atoms with E-state index in [1.165, 1.54) is 7.11 Å². The lowest BCUT2D eigenvalue weighted by Gasteiger charge is -2.46. The van der Waals surface area contributed by atoms with Gasteiger partial charge in [-0.05, 0) is 39.7 Å². The van der Waals surface area contributed by atoms with Gasteiger partial charge in [0.05, 0.1) is 20.3 Å². The first kappa shape index (κ1) is 15.7.